The number of carbonyl (C=O) groups is 1. The Bertz CT molecular complexity index is 258. The van der Waals surface area contributed by atoms with Crippen LogP contribution in [0.2, 0.25) is 0 Å². The minimum atomic E-state index is -0.947. The fourth-order valence-corrected chi connectivity index (χ4v) is 0.633. The molecule has 0 atom stereocenters. The van der Waals surface area contributed by atoms with Gasteiger partial charge in [-0.3, -0.25) is 0 Å². The smallest absolute Gasteiger partial charge is 0.409 e. The van der Waals surface area contributed by atoms with E-state index in [1.807, 2.05) is 0 Å². The number of allylic oxidation sites excluding steroid dienone is 3. The zero-order chi connectivity index (χ0) is 10.1. The van der Waals surface area contributed by atoms with Crippen molar-refractivity contribution in [2.45, 2.75) is 0 Å². The summed E-state index contributed by atoms with van der Waals surface area (Å²) < 4.78 is 4.52. The van der Waals surface area contributed by atoms with E-state index in [-0.39, 0.29) is 12.3 Å². The average Bonchev–Trinajstić information content (AvgIpc) is 2.04. The van der Waals surface area contributed by atoms with E-state index in [9.17, 15) is 9.70 Å². The summed E-state index contributed by atoms with van der Waals surface area (Å²) in [6.45, 7) is 3.41. The predicted octanol–water partition coefficient (Wildman–Crippen LogP) is 2.75. The van der Waals surface area contributed by atoms with Crippen LogP contribution in [-0.2, 0) is 4.74 Å². The highest BCUT2D eigenvalue weighted by Gasteiger charge is 1.97. The fourth-order valence-electron chi connectivity index (χ4n) is 0.544. The van der Waals surface area contributed by atoms with Crippen LogP contribution in [0.5, 0.6) is 0 Å². The first kappa shape index (κ1) is 11.6. The number of nitroso groups, excluding NO2 is 1. The van der Waals surface area contributed by atoms with E-state index in [2.05, 4.69) is 16.5 Å². The Labute approximate surface area is 80.5 Å². The van der Waals surface area contributed by atoms with Crippen molar-refractivity contribution in [3.8, 4) is 0 Å². The molecule has 0 aliphatic rings. The fraction of sp³-hybridized carbons (Fsp3) is 0.125. The van der Waals surface area contributed by atoms with Crippen molar-refractivity contribution < 1.29 is 9.53 Å². The second kappa shape index (κ2) is 7.24. The van der Waals surface area contributed by atoms with Gasteiger partial charge in [-0.1, -0.05) is 23.9 Å². The minimum Gasteiger partial charge on any atom is -0.415 e. The normalized spacial score (nSPS) is 11.3. The highest BCUT2D eigenvalue weighted by molar-refractivity contribution is 6.61. The molecule has 0 spiro atoms. The molecule has 0 aromatic heterocycles. The van der Waals surface area contributed by atoms with Crippen LogP contribution in [-0.4, -0.2) is 12.0 Å². The number of nitrogens with zero attached hydrogens (tertiary/aromatic N) is 1. The van der Waals surface area contributed by atoms with Crippen LogP contribution < -0.4 is 0 Å². The molecule has 0 heterocycles. The van der Waals surface area contributed by atoms with Crippen molar-refractivity contribution in [1.82, 2.24) is 0 Å². The molecule has 5 heteroatoms. The number of carbonyl (C=O) groups excluding carboxylic acids is 1. The number of ether oxygens (including phenoxy) is 1. The van der Waals surface area contributed by atoms with Crippen LogP contribution >= 0.6 is 11.6 Å². The highest BCUT2D eigenvalue weighted by atomic mass is 35.5. The Kier molecular flexibility index (Phi) is 6.45. The second-order valence-corrected chi connectivity index (χ2v) is 2.17. The molecule has 4 nitrogen and oxygen atoms in total. The van der Waals surface area contributed by atoms with Crippen LogP contribution in [0, 0.1) is 4.91 Å². The van der Waals surface area contributed by atoms with Gasteiger partial charge in [0.1, 0.15) is 5.76 Å². The average molecular weight is 202 g/mol. The van der Waals surface area contributed by atoms with Gasteiger partial charge < -0.3 is 4.74 Å². The van der Waals surface area contributed by atoms with Gasteiger partial charge in [-0.25, -0.2) is 4.79 Å². The number of rotatable bonds is 5. The maximum Gasteiger partial charge on any atom is 0.409 e. The van der Waals surface area contributed by atoms with Crippen LogP contribution in [0.3, 0.4) is 0 Å². The molecule has 0 aliphatic carbocycles. The minimum absolute atomic E-state index is 0.00825. The van der Waals surface area contributed by atoms with E-state index in [0.717, 1.165) is 0 Å². The van der Waals surface area contributed by atoms with Crippen molar-refractivity contribution in [3.05, 3.63) is 41.5 Å². The van der Waals surface area contributed by atoms with Crippen LogP contribution in [0.4, 0.5) is 4.79 Å². The van der Waals surface area contributed by atoms with Gasteiger partial charge >= 0.3 is 5.43 Å². The molecule has 0 radical (unpaired) electrons. The standard InChI is InChI=1S/C8H8ClNO3/c1-2-4-7(13-8(9)11)5-3-6-10-12/h2-5H,1,6H2/b5-3-,7-4+. The molecular weight excluding hydrogens is 194 g/mol. The van der Waals surface area contributed by atoms with Crippen molar-refractivity contribution in [2.75, 3.05) is 6.54 Å². The van der Waals surface area contributed by atoms with Gasteiger partial charge in [-0.15, -0.1) is 0 Å². The van der Waals surface area contributed by atoms with Gasteiger partial charge in [-0.05, 0) is 12.2 Å². The van der Waals surface area contributed by atoms with Gasteiger partial charge in [0.2, 0.25) is 0 Å². The number of halogens is 1. The third kappa shape index (κ3) is 6.96. The molecule has 13 heavy (non-hydrogen) atoms. The maximum atomic E-state index is 10.3. The molecule has 0 bridgehead atoms. The van der Waals surface area contributed by atoms with E-state index in [1.54, 1.807) is 0 Å². The molecule has 0 aromatic rings. The van der Waals surface area contributed by atoms with Gasteiger partial charge in [0, 0.05) is 11.6 Å². The SMILES string of the molecule is C=C/C=C(\C=C/CN=O)OC(=O)Cl. The van der Waals surface area contributed by atoms with Crippen molar-refractivity contribution in [2.24, 2.45) is 5.18 Å². The summed E-state index contributed by atoms with van der Waals surface area (Å²) in [5, 5.41) is 2.58. The molecule has 0 saturated heterocycles. The lowest BCUT2D eigenvalue weighted by Gasteiger charge is -1.97. The van der Waals surface area contributed by atoms with Crippen molar-refractivity contribution in [1.29, 1.82) is 0 Å². The Hall–Kier alpha value is -1.42. The molecular formula is C8H8ClNO3. The Morgan fingerprint density at radius 3 is 2.77 bits per heavy atom. The van der Waals surface area contributed by atoms with Crippen LogP contribution in [0.15, 0.2) is 41.8 Å². The summed E-state index contributed by atoms with van der Waals surface area (Å²) in [4.78, 5) is 20.0. The van der Waals surface area contributed by atoms with Gasteiger partial charge in [-0.2, -0.15) is 4.91 Å². The largest absolute Gasteiger partial charge is 0.415 e. The van der Waals surface area contributed by atoms with E-state index in [0.29, 0.717) is 0 Å². The lowest BCUT2D eigenvalue weighted by Crippen LogP contribution is -1.91. The lowest BCUT2D eigenvalue weighted by molar-refractivity contribution is 0.206. The third-order valence-electron chi connectivity index (χ3n) is 0.942. The topological polar surface area (TPSA) is 55.7 Å². The van der Waals surface area contributed by atoms with E-state index >= 15 is 0 Å². The molecule has 0 aliphatic heterocycles. The molecule has 0 amide bonds. The Morgan fingerprint density at radius 2 is 2.31 bits per heavy atom. The molecule has 0 N–H and O–H groups in total. The molecule has 0 unspecified atom stereocenters. The highest BCUT2D eigenvalue weighted by Crippen LogP contribution is 2.03. The van der Waals surface area contributed by atoms with Crippen molar-refractivity contribution >= 4 is 17.0 Å². The summed E-state index contributed by atoms with van der Waals surface area (Å²) >= 11 is 4.97. The van der Waals surface area contributed by atoms with Crippen LogP contribution in [0.25, 0.3) is 0 Å². The van der Waals surface area contributed by atoms with E-state index in [1.165, 1.54) is 24.3 Å². The summed E-state index contributed by atoms with van der Waals surface area (Å²) in [5.41, 5.74) is -0.947. The van der Waals surface area contributed by atoms with Gasteiger partial charge in [0.15, 0.2) is 0 Å². The lowest BCUT2D eigenvalue weighted by atomic mass is 10.4. The number of hydrogen-bond donors (Lipinski definition) is 0. The summed E-state index contributed by atoms with van der Waals surface area (Å²) in [7, 11) is 0. The predicted molar refractivity (Wildman–Crippen MR) is 50.4 cm³/mol. The van der Waals surface area contributed by atoms with Crippen molar-refractivity contribution in [3.63, 3.8) is 0 Å². The monoisotopic (exact) mass is 201 g/mol. The van der Waals surface area contributed by atoms with E-state index < -0.39 is 5.43 Å². The Balaban J connectivity index is 4.25. The summed E-state index contributed by atoms with van der Waals surface area (Å²) in [6, 6.07) is 0. The molecule has 70 valence electrons. The quantitative estimate of drug-likeness (QED) is 0.297. The van der Waals surface area contributed by atoms with E-state index in [4.69, 9.17) is 11.6 Å². The maximum absolute atomic E-state index is 10.3. The van der Waals surface area contributed by atoms with Gasteiger partial charge in [0.05, 0.1) is 6.54 Å². The van der Waals surface area contributed by atoms with Gasteiger partial charge in [0.25, 0.3) is 0 Å². The molecule has 0 saturated carbocycles. The summed E-state index contributed by atoms with van der Waals surface area (Å²) in [5.74, 6) is 0.207. The first-order chi connectivity index (χ1) is 6.20. The zero-order valence-electron chi connectivity index (χ0n) is 6.77. The Morgan fingerprint density at radius 1 is 1.62 bits per heavy atom. The molecule has 0 rings (SSSR count). The first-order valence-electron chi connectivity index (χ1n) is 3.36. The van der Waals surface area contributed by atoms with Crippen LogP contribution in [0.1, 0.15) is 0 Å². The summed E-state index contributed by atoms with van der Waals surface area (Å²) in [6.07, 6.45) is 5.70. The third-order valence-corrected chi connectivity index (χ3v) is 1.02. The molecule has 0 aromatic carbocycles. The first-order valence-corrected chi connectivity index (χ1v) is 3.74. The molecule has 0 fully saturated rings. The zero-order valence-corrected chi connectivity index (χ0v) is 7.53. The number of hydrogen-bond acceptors (Lipinski definition) is 4. The second-order valence-electron chi connectivity index (χ2n) is 1.86.